The van der Waals surface area contributed by atoms with Crippen LogP contribution in [-0.4, -0.2) is 17.9 Å². The van der Waals surface area contributed by atoms with Crippen LogP contribution in [0.15, 0.2) is 65.7 Å². The van der Waals surface area contributed by atoms with Gasteiger partial charge in [-0.3, -0.25) is 0 Å². The van der Waals surface area contributed by atoms with Crippen LogP contribution in [0.2, 0.25) is 0 Å². The number of rotatable bonds is 5. The Morgan fingerprint density at radius 1 is 1.00 bits per heavy atom. The van der Waals surface area contributed by atoms with Crippen LogP contribution in [0.25, 0.3) is 11.3 Å². The molecule has 0 N–H and O–H groups in total. The van der Waals surface area contributed by atoms with Gasteiger partial charge in [-0.25, -0.2) is 0 Å². The molecule has 3 rings (SSSR count). The molecule has 6 heteroatoms. The molecule has 136 valence electrons. The Morgan fingerprint density at radius 3 is 2.19 bits per heavy atom. The lowest BCUT2D eigenvalue weighted by atomic mass is 10.1. The molecule has 2 nitrogen and oxygen atoms in total. The van der Waals surface area contributed by atoms with E-state index in [0.29, 0.717) is 18.0 Å². The first-order valence-corrected chi connectivity index (χ1v) is 9.19. The van der Waals surface area contributed by atoms with Gasteiger partial charge in [-0.2, -0.15) is 13.2 Å². The van der Waals surface area contributed by atoms with Gasteiger partial charge in [0.2, 0.25) is 0 Å². The van der Waals surface area contributed by atoms with Crippen molar-refractivity contribution in [2.24, 2.45) is 0 Å². The van der Waals surface area contributed by atoms with Gasteiger partial charge >= 0.3 is 6.18 Å². The number of ether oxygens (including phenoxy) is 1. The van der Waals surface area contributed by atoms with E-state index < -0.39 is 11.7 Å². The molecule has 1 aromatic heterocycles. The van der Waals surface area contributed by atoms with Crippen LogP contribution in [-0.2, 0) is 12.7 Å². The maximum absolute atomic E-state index is 13.5. The molecule has 26 heavy (non-hydrogen) atoms. The highest BCUT2D eigenvalue weighted by Gasteiger charge is 2.37. The van der Waals surface area contributed by atoms with Gasteiger partial charge in [0.05, 0.1) is 18.4 Å². The zero-order valence-corrected chi connectivity index (χ0v) is 15.2. The number of benzene rings is 2. The predicted octanol–water partition coefficient (Wildman–Crippen LogP) is 5.95. The second-order valence-electron chi connectivity index (χ2n) is 5.76. The van der Waals surface area contributed by atoms with Gasteiger partial charge in [0.1, 0.15) is 5.75 Å². The minimum absolute atomic E-state index is 0.247. The van der Waals surface area contributed by atoms with Gasteiger partial charge in [0, 0.05) is 17.6 Å². The molecule has 0 aliphatic rings. The first kappa shape index (κ1) is 18.5. The molecule has 0 bridgehead atoms. The van der Waals surface area contributed by atoms with Crippen molar-refractivity contribution >= 4 is 11.8 Å². The monoisotopic (exact) mass is 377 g/mol. The van der Waals surface area contributed by atoms with Crippen LogP contribution >= 0.6 is 11.8 Å². The number of nitrogens with zero attached hydrogens (tertiary/aromatic N) is 1. The van der Waals surface area contributed by atoms with E-state index in [2.05, 4.69) is 0 Å². The maximum Gasteiger partial charge on any atom is 0.418 e. The van der Waals surface area contributed by atoms with E-state index in [-0.39, 0.29) is 4.90 Å². The summed E-state index contributed by atoms with van der Waals surface area (Å²) in [5, 5.41) is 0. The van der Waals surface area contributed by atoms with Crippen molar-refractivity contribution in [3.8, 4) is 17.0 Å². The highest BCUT2D eigenvalue weighted by Crippen LogP contribution is 2.43. The number of methoxy groups -OCH3 is 1. The normalized spacial score (nSPS) is 11.6. The number of aromatic nitrogens is 1. The molecule has 0 atom stereocenters. The lowest BCUT2D eigenvalue weighted by Gasteiger charge is -2.12. The second-order valence-corrected chi connectivity index (χ2v) is 6.58. The smallest absolute Gasteiger partial charge is 0.418 e. The molecule has 0 unspecified atom stereocenters. The van der Waals surface area contributed by atoms with Crippen LogP contribution in [0.1, 0.15) is 11.1 Å². The number of thioether (sulfide) groups is 1. The van der Waals surface area contributed by atoms with Gasteiger partial charge in [-0.05, 0) is 29.5 Å². The van der Waals surface area contributed by atoms with E-state index in [4.69, 9.17) is 4.74 Å². The predicted molar refractivity (Wildman–Crippen MR) is 98.7 cm³/mol. The molecule has 1 heterocycles. The Bertz CT molecular complexity index is 871. The van der Waals surface area contributed by atoms with Crippen molar-refractivity contribution in [3.05, 3.63) is 71.9 Å². The second kappa shape index (κ2) is 7.50. The van der Waals surface area contributed by atoms with E-state index >= 15 is 0 Å². The average Bonchev–Trinajstić information content (AvgIpc) is 3.01. The number of hydrogen-bond donors (Lipinski definition) is 0. The van der Waals surface area contributed by atoms with Gasteiger partial charge in [-0.1, -0.05) is 42.5 Å². The van der Waals surface area contributed by atoms with Gasteiger partial charge in [0.15, 0.2) is 0 Å². The summed E-state index contributed by atoms with van der Waals surface area (Å²) in [6, 6.07) is 16.5. The molecule has 0 saturated heterocycles. The van der Waals surface area contributed by atoms with Crippen LogP contribution in [0.4, 0.5) is 13.2 Å². The summed E-state index contributed by atoms with van der Waals surface area (Å²) in [6.45, 7) is 0.345. The zero-order chi connectivity index (χ0) is 18.7. The molecule has 0 saturated carbocycles. The summed E-state index contributed by atoms with van der Waals surface area (Å²) in [7, 11) is 1.58. The van der Waals surface area contributed by atoms with Crippen molar-refractivity contribution in [1.82, 2.24) is 4.57 Å². The first-order chi connectivity index (χ1) is 12.4. The summed E-state index contributed by atoms with van der Waals surface area (Å²) < 4.78 is 47.4. The van der Waals surface area contributed by atoms with Crippen LogP contribution < -0.4 is 4.74 Å². The molecular formula is C20H18F3NOS. The van der Waals surface area contributed by atoms with Gasteiger partial charge in [-0.15, -0.1) is 11.8 Å². The van der Waals surface area contributed by atoms with Crippen molar-refractivity contribution in [1.29, 1.82) is 0 Å². The highest BCUT2D eigenvalue weighted by molar-refractivity contribution is 7.98. The van der Waals surface area contributed by atoms with Crippen molar-refractivity contribution in [2.75, 3.05) is 13.4 Å². The van der Waals surface area contributed by atoms with Crippen LogP contribution in [0.5, 0.6) is 5.75 Å². The lowest BCUT2D eigenvalue weighted by Crippen LogP contribution is -2.05. The highest BCUT2D eigenvalue weighted by atomic mass is 32.2. The molecule has 2 aromatic carbocycles. The summed E-state index contributed by atoms with van der Waals surface area (Å²) >= 11 is 1.12. The molecule has 0 aliphatic heterocycles. The fraction of sp³-hybridized carbons (Fsp3) is 0.200. The summed E-state index contributed by atoms with van der Waals surface area (Å²) in [5.74, 6) is 0.713. The lowest BCUT2D eigenvalue weighted by molar-refractivity contribution is -0.139. The number of halogens is 3. The van der Waals surface area contributed by atoms with Crippen LogP contribution in [0, 0.1) is 0 Å². The summed E-state index contributed by atoms with van der Waals surface area (Å²) in [4.78, 5) is 0.247. The van der Waals surface area contributed by atoms with E-state index in [1.54, 1.807) is 30.1 Å². The minimum Gasteiger partial charge on any atom is -0.497 e. The summed E-state index contributed by atoms with van der Waals surface area (Å²) in [5.41, 5.74) is 1.65. The topological polar surface area (TPSA) is 14.2 Å². The van der Waals surface area contributed by atoms with Gasteiger partial charge in [0.25, 0.3) is 0 Å². The third kappa shape index (κ3) is 3.75. The maximum atomic E-state index is 13.5. The molecule has 0 amide bonds. The molecule has 0 spiro atoms. The molecule has 0 aliphatic carbocycles. The third-order valence-electron chi connectivity index (χ3n) is 4.10. The Morgan fingerprint density at radius 2 is 1.65 bits per heavy atom. The van der Waals surface area contributed by atoms with E-state index in [1.807, 2.05) is 42.5 Å². The molecule has 0 radical (unpaired) electrons. The standard InChI is InChI=1S/C20H18F3NOS/c1-25-16-10-8-14(9-11-16)12-24-13-17(20(21,22)23)19(26-2)18(24)15-6-4-3-5-7-15/h3-11,13H,12H2,1-2H3. The average molecular weight is 377 g/mol. The van der Waals surface area contributed by atoms with E-state index in [0.717, 1.165) is 22.9 Å². The first-order valence-electron chi connectivity index (χ1n) is 7.96. The number of alkyl halides is 3. The largest absolute Gasteiger partial charge is 0.497 e. The third-order valence-corrected chi connectivity index (χ3v) is 4.92. The zero-order valence-electron chi connectivity index (χ0n) is 14.4. The van der Waals surface area contributed by atoms with Crippen molar-refractivity contribution in [3.63, 3.8) is 0 Å². The fourth-order valence-corrected chi connectivity index (χ4v) is 3.71. The Labute approximate surface area is 154 Å². The van der Waals surface area contributed by atoms with Gasteiger partial charge < -0.3 is 9.30 Å². The van der Waals surface area contributed by atoms with E-state index in [1.165, 1.54) is 6.20 Å². The summed E-state index contributed by atoms with van der Waals surface area (Å²) in [6.07, 6.45) is -1.51. The van der Waals surface area contributed by atoms with E-state index in [9.17, 15) is 13.2 Å². The SMILES string of the molecule is COc1ccc(Cn2cc(C(F)(F)F)c(SC)c2-c2ccccc2)cc1. The minimum atomic E-state index is -4.40. The molecule has 0 fully saturated rings. The fourth-order valence-electron chi connectivity index (χ4n) is 2.89. The Balaban J connectivity index is 2.12. The Kier molecular flexibility index (Phi) is 5.32. The molecular weight excluding hydrogens is 359 g/mol. The van der Waals surface area contributed by atoms with Crippen molar-refractivity contribution in [2.45, 2.75) is 17.6 Å². The molecule has 3 aromatic rings. The van der Waals surface area contributed by atoms with Crippen molar-refractivity contribution < 1.29 is 17.9 Å². The van der Waals surface area contributed by atoms with Crippen LogP contribution in [0.3, 0.4) is 0 Å². The quantitative estimate of drug-likeness (QED) is 0.510. The Hall–Kier alpha value is -2.34. The number of hydrogen-bond acceptors (Lipinski definition) is 2.